The van der Waals surface area contributed by atoms with Crippen molar-refractivity contribution in [1.82, 2.24) is 9.88 Å². The van der Waals surface area contributed by atoms with Crippen LogP contribution in [0.15, 0.2) is 0 Å². The van der Waals surface area contributed by atoms with Gasteiger partial charge in [0.1, 0.15) is 4.88 Å². The number of aromatic nitrogens is 1. The Morgan fingerprint density at radius 1 is 1.41 bits per heavy atom. The highest BCUT2D eigenvalue weighted by Gasteiger charge is 2.16. The summed E-state index contributed by atoms with van der Waals surface area (Å²) in [4.78, 5) is 18.0. The minimum Gasteiger partial charge on any atom is -0.477 e. The largest absolute Gasteiger partial charge is 0.477 e. The van der Waals surface area contributed by atoms with Gasteiger partial charge < -0.3 is 10.0 Å². The third-order valence-corrected chi connectivity index (χ3v) is 3.62. The number of aryl methyl sites for hydroxylation is 1. The maximum atomic E-state index is 11.1. The number of thiazole rings is 1. The molecule has 0 saturated carbocycles. The summed E-state index contributed by atoms with van der Waals surface area (Å²) in [6.45, 7) is 3.00. The van der Waals surface area contributed by atoms with Crippen LogP contribution in [0.2, 0.25) is 0 Å². The Morgan fingerprint density at radius 3 is 2.65 bits per heavy atom. The molecule has 0 radical (unpaired) electrons. The van der Waals surface area contributed by atoms with E-state index < -0.39 is 5.97 Å². The minimum absolute atomic E-state index is 0.423. The molecule has 0 aromatic carbocycles. The van der Waals surface area contributed by atoms with E-state index in [2.05, 4.69) is 16.8 Å². The van der Waals surface area contributed by atoms with Crippen molar-refractivity contribution in [2.24, 2.45) is 0 Å². The van der Waals surface area contributed by atoms with Gasteiger partial charge in [0.25, 0.3) is 0 Å². The Balaban J connectivity index is 2.76. The van der Waals surface area contributed by atoms with Gasteiger partial charge >= 0.3 is 5.97 Å². The lowest BCUT2D eigenvalue weighted by molar-refractivity contribution is 0.0700. The van der Waals surface area contributed by atoms with Crippen molar-refractivity contribution >= 4 is 17.3 Å². The Kier molecular flexibility index (Phi) is 5.58. The molecule has 1 aromatic rings. The van der Waals surface area contributed by atoms with E-state index in [1.165, 1.54) is 11.3 Å². The maximum absolute atomic E-state index is 11.1. The second kappa shape index (κ2) is 6.71. The van der Waals surface area contributed by atoms with E-state index in [1.54, 1.807) is 0 Å². The number of carboxylic acid groups (broad SMARTS) is 1. The molecule has 1 N–H and O–H groups in total. The smallest absolute Gasteiger partial charge is 0.347 e. The number of nitrogens with zero attached hydrogens (tertiary/aromatic N) is 2. The Labute approximate surface area is 106 Å². The topological polar surface area (TPSA) is 53.4 Å². The van der Waals surface area contributed by atoms with Crippen LogP contribution < -0.4 is 0 Å². The first-order valence-corrected chi connectivity index (χ1v) is 6.72. The zero-order valence-corrected chi connectivity index (χ0v) is 11.5. The van der Waals surface area contributed by atoms with E-state index in [1.807, 2.05) is 14.1 Å². The first-order chi connectivity index (χ1) is 8.04. The zero-order chi connectivity index (χ0) is 12.8. The molecule has 0 fully saturated rings. The average molecular weight is 256 g/mol. The van der Waals surface area contributed by atoms with Crippen LogP contribution in [0, 0.1) is 0 Å². The van der Waals surface area contributed by atoms with E-state index in [9.17, 15) is 4.79 Å². The Bertz CT molecular complexity index is 375. The lowest BCUT2D eigenvalue weighted by atomic mass is 10.2. The summed E-state index contributed by atoms with van der Waals surface area (Å²) in [5, 5.41) is 10.0. The number of hydrogen-bond donors (Lipinski definition) is 1. The lowest BCUT2D eigenvalue weighted by Crippen LogP contribution is -2.14. The number of carbonyl (C=O) groups is 1. The van der Waals surface area contributed by atoms with Gasteiger partial charge in [-0.25, -0.2) is 9.78 Å². The van der Waals surface area contributed by atoms with Crippen molar-refractivity contribution in [3.63, 3.8) is 0 Å². The summed E-state index contributed by atoms with van der Waals surface area (Å²) in [5.74, 6) is -0.843. The molecule has 0 aliphatic rings. The number of carboxylic acids is 1. The average Bonchev–Trinajstić information content (AvgIpc) is 2.67. The van der Waals surface area contributed by atoms with Gasteiger partial charge in [-0.1, -0.05) is 13.3 Å². The molecule has 0 atom stereocenters. The van der Waals surface area contributed by atoms with E-state index in [0.29, 0.717) is 4.88 Å². The number of rotatable bonds is 7. The number of aromatic carboxylic acids is 1. The van der Waals surface area contributed by atoms with Crippen molar-refractivity contribution < 1.29 is 9.90 Å². The summed E-state index contributed by atoms with van der Waals surface area (Å²) >= 11 is 1.32. The third-order valence-electron chi connectivity index (χ3n) is 2.48. The van der Waals surface area contributed by atoms with Gasteiger partial charge in [-0.3, -0.25) is 0 Å². The number of likely N-dealkylation sites (N-methyl/N-ethyl adjacent to an activating group) is 1. The van der Waals surface area contributed by atoms with Gasteiger partial charge in [-0.05, 0) is 26.9 Å². The maximum Gasteiger partial charge on any atom is 0.347 e. The fourth-order valence-electron chi connectivity index (χ4n) is 1.51. The fraction of sp³-hybridized carbons (Fsp3) is 0.667. The molecule has 5 heteroatoms. The predicted octanol–water partition coefficient (Wildman–Crippen LogP) is 2.29. The molecule has 1 aromatic heterocycles. The fourth-order valence-corrected chi connectivity index (χ4v) is 2.45. The van der Waals surface area contributed by atoms with Gasteiger partial charge in [0, 0.05) is 13.0 Å². The van der Waals surface area contributed by atoms with Crippen molar-refractivity contribution in [2.75, 3.05) is 20.6 Å². The standard InChI is InChI=1S/C12H20N2O2S/c1-4-5-6-9-11(12(15)16)17-10(13-9)7-8-14(2)3/h4-8H2,1-3H3,(H,15,16). The summed E-state index contributed by atoms with van der Waals surface area (Å²) in [6.07, 6.45) is 3.65. The molecular formula is C12H20N2O2S. The van der Waals surface area contributed by atoms with Crippen molar-refractivity contribution in [1.29, 1.82) is 0 Å². The highest BCUT2D eigenvalue weighted by molar-refractivity contribution is 7.13. The molecule has 0 saturated heterocycles. The molecule has 0 aliphatic carbocycles. The zero-order valence-electron chi connectivity index (χ0n) is 10.7. The summed E-state index contributed by atoms with van der Waals surface area (Å²) in [7, 11) is 4.01. The van der Waals surface area contributed by atoms with Crippen molar-refractivity contribution in [3.8, 4) is 0 Å². The summed E-state index contributed by atoms with van der Waals surface area (Å²) in [5.41, 5.74) is 0.762. The molecule has 0 unspecified atom stereocenters. The molecule has 4 nitrogen and oxygen atoms in total. The third kappa shape index (κ3) is 4.44. The lowest BCUT2D eigenvalue weighted by Gasteiger charge is -2.06. The number of hydrogen-bond acceptors (Lipinski definition) is 4. The molecule has 0 amide bonds. The monoisotopic (exact) mass is 256 g/mol. The van der Waals surface area contributed by atoms with Crippen LogP contribution in [0.3, 0.4) is 0 Å². The predicted molar refractivity (Wildman–Crippen MR) is 69.9 cm³/mol. The van der Waals surface area contributed by atoms with Crippen LogP contribution in [-0.2, 0) is 12.8 Å². The van der Waals surface area contributed by atoms with Crippen LogP contribution in [0.25, 0.3) is 0 Å². The normalized spacial score (nSPS) is 11.1. The first-order valence-electron chi connectivity index (χ1n) is 5.91. The Hall–Kier alpha value is -0.940. The van der Waals surface area contributed by atoms with Crippen LogP contribution in [0.4, 0.5) is 0 Å². The van der Waals surface area contributed by atoms with Crippen molar-refractivity contribution in [2.45, 2.75) is 32.6 Å². The molecule has 0 bridgehead atoms. The second-order valence-corrected chi connectivity index (χ2v) is 5.43. The van der Waals surface area contributed by atoms with Gasteiger partial charge in [0.2, 0.25) is 0 Å². The SMILES string of the molecule is CCCCc1nc(CCN(C)C)sc1C(=O)O. The quantitative estimate of drug-likeness (QED) is 0.813. The van der Waals surface area contributed by atoms with Gasteiger partial charge in [-0.15, -0.1) is 11.3 Å². The van der Waals surface area contributed by atoms with Gasteiger partial charge in [-0.2, -0.15) is 0 Å². The summed E-state index contributed by atoms with van der Waals surface area (Å²) < 4.78 is 0. The number of unbranched alkanes of at least 4 members (excludes halogenated alkanes) is 1. The van der Waals surface area contributed by atoms with E-state index in [4.69, 9.17) is 5.11 Å². The first kappa shape index (κ1) is 14.1. The molecule has 17 heavy (non-hydrogen) atoms. The molecule has 0 spiro atoms. The van der Waals surface area contributed by atoms with Gasteiger partial charge in [0.15, 0.2) is 0 Å². The van der Waals surface area contributed by atoms with Crippen LogP contribution in [0.1, 0.15) is 40.1 Å². The second-order valence-electron chi connectivity index (χ2n) is 4.35. The van der Waals surface area contributed by atoms with E-state index in [-0.39, 0.29) is 0 Å². The summed E-state index contributed by atoms with van der Waals surface area (Å²) in [6, 6.07) is 0. The van der Waals surface area contributed by atoms with E-state index in [0.717, 1.165) is 42.9 Å². The van der Waals surface area contributed by atoms with Crippen LogP contribution >= 0.6 is 11.3 Å². The van der Waals surface area contributed by atoms with Gasteiger partial charge in [0.05, 0.1) is 10.7 Å². The molecule has 1 rings (SSSR count). The minimum atomic E-state index is -0.843. The Morgan fingerprint density at radius 2 is 2.12 bits per heavy atom. The van der Waals surface area contributed by atoms with Crippen LogP contribution in [-0.4, -0.2) is 41.6 Å². The molecule has 1 heterocycles. The van der Waals surface area contributed by atoms with Crippen LogP contribution in [0.5, 0.6) is 0 Å². The molecule has 96 valence electrons. The highest BCUT2D eigenvalue weighted by Crippen LogP contribution is 2.21. The van der Waals surface area contributed by atoms with E-state index >= 15 is 0 Å². The van der Waals surface area contributed by atoms with Crippen molar-refractivity contribution in [3.05, 3.63) is 15.6 Å². The molecule has 0 aliphatic heterocycles. The highest BCUT2D eigenvalue weighted by atomic mass is 32.1. The molecular weight excluding hydrogens is 236 g/mol.